The molecule has 0 saturated carbocycles. The topological polar surface area (TPSA) is 86.7 Å². The van der Waals surface area contributed by atoms with E-state index in [1.807, 2.05) is 0 Å². The third-order valence-corrected chi connectivity index (χ3v) is 7.26. The highest BCUT2D eigenvalue weighted by Gasteiger charge is 2.24. The number of sulfone groups is 2. The Morgan fingerprint density at radius 1 is 0.607 bits per heavy atom. The predicted molar refractivity (Wildman–Crippen MR) is 109 cm³/mol. The van der Waals surface area contributed by atoms with Gasteiger partial charge in [-0.25, -0.2) is 16.8 Å². The molecule has 146 valence electrons. The maximum Gasteiger partial charge on any atom is 0.176 e. The Hall–Kier alpha value is -2.58. The minimum Gasteiger partial charge on any atom is -0.496 e. The Balaban J connectivity index is 2.43. The summed E-state index contributed by atoms with van der Waals surface area (Å²) < 4.78 is 60.8. The van der Waals surface area contributed by atoms with Gasteiger partial charge in [0.2, 0.25) is 0 Å². The Labute approximate surface area is 162 Å². The molecular weight excluding hydrogens is 400 g/mol. The van der Waals surface area contributed by atoms with Crippen LogP contribution in [0.3, 0.4) is 0 Å². The van der Waals surface area contributed by atoms with E-state index in [1.54, 1.807) is 30.3 Å². The van der Waals surface area contributed by atoms with Crippen molar-refractivity contribution in [3.8, 4) is 11.5 Å². The van der Waals surface area contributed by atoms with Crippen molar-refractivity contribution in [3.63, 3.8) is 0 Å². The highest BCUT2D eigenvalue weighted by Crippen LogP contribution is 2.45. The molecule has 0 saturated heterocycles. The largest absolute Gasteiger partial charge is 0.496 e. The molecular formula is C20H18O6S2. The quantitative estimate of drug-likeness (QED) is 0.472. The van der Waals surface area contributed by atoms with E-state index >= 15 is 0 Å². The second-order valence-corrected chi connectivity index (χ2v) is 10.7. The van der Waals surface area contributed by atoms with Gasteiger partial charge in [-0.2, -0.15) is 0 Å². The van der Waals surface area contributed by atoms with Crippen LogP contribution in [0.15, 0.2) is 46.2 Å². The van der Waals surface area contributed by atoms with Crippen molar-refractivity contribution in [3.05, 3.63) is 36.4 Å². The molecule has 28 heavy (non-hydrogen) atoms. The van der Waals surface area contributed by atoms with Crippen LogP contribution in [-0.2, 0) is 19.7 Å². The van der Waals surface area contributed by atoms with E-state index in [0.717, 1.165) is 23.3 Å². The Kier molecular flexibility index (Phi) is 3.99. The van der Waals surface area contributed by atoms with Crippen LogP contribution in [0, 0.1) is 0 Å². The SMILES string of the molecule is COc1cc(OC)c2ccc3c(S(C)(=O)=O)cc(S(C)(=O)=O)c4ccc1c2c43. The van der Waals surface area contributed by atoms with Crippen LogP contribution in [0.4, 0.5) is 0 Å². The first-order valence-electron chi connectivity index (χ1n) is 8.34. The summed E-state index contributed by atoms with van der Waals surface area (Å²) in [4.78, 5) is -0.0341. The highest BCUT2D eigenvalue weighted by atomic mass is 32.2. The fourth-order valence-electron chi connectivity index (χ4n) is 3.82. The van der Waals surface area contributed by atoms with Gasteiger partial charge in [0.05, 0.1) is 24.0 Å². The first-order chi connectivity index (χ1) is 13.1. The molecule has 0 radical (unpaired) electrons. The Morgan fingerprint density at radius 2 is 0.964 bits per heavy atom. The zero-order valence-corrected chi connectivity index (χ0v) is 17.4. The average molecular weight is 418 g/mol. The summed E-state index contributed by atoms with van der Waals surface area (Å²) in [6.07, 6.45) is 2.15. The standard InChI is InChI=1S/C20H18O6S2/c1-25-15-9-16(26-2)12-6-8-14-18(28(4,23)24)10-17(27(3,21)22)13-7-5-11(15)19(12)20(13)14/h5-10H,1-4H3. The lowest BCUT2D eigenvalue weighted by Gasteiger charge is -2.18. The van der Waals surface area contributed by atoms with Crippen molar-refractivity contribution >= 4 is 52.0 Å². The van der Waals surface area contributed by atoms with E-state index < -0.39 is 19.7 Å². The molecule has 0 aliphatic carbocycles. The van der Waals surface area contributed by atoms with E-state index in [0.29, 0.717) is 33.0 Å². The van der Waals surface area contributed by atoms with Gasteiger partial charge in [0, 0.05) is 50.9 Å². The van der Waals surface area contributed by atoms with Crippen LogP contribution in [-0.4, -0.2) is 43.6 Å². The van der Waals surface area contributed by atoms with Crippen molar-refractivity contribution in [2.24, 2.45) is 0 Å². The maximum atomic E-state index is 12.5. The van der Waals surface area contributed by atoms with Crippen LogP contribution >= 0.6 is 0 Å². The summed E-state index contributed by atoms with van der Waals surface area (Å²) in [7, 11) is -4.26. The van der Waals surface area contributed by atoms with Crippen molar-refractivity contribution in [2.45, 2.75) is 9.79 Å². The minimum absolute atomic E-state index is 0.0170. The van der Waals surface area contributed by atoms with Gasteiger partial charge >= 0.3 is 0 Å². The molecule has 0 atom stereocenters. The highest BCUT2D eigenvalue weighted by molar-refractivity contribution is 7.91. The Bertz CT molecular complexity index is 1360. The minimum atomic E-state index is -3.67. The number of hydrogen-bond acceptors (Lipinski definition) is 6. The number of rotatable bonds is 4. The van der Waals surface area contributed by atoms with Gasteiger partial charge in [-0.05, 0) is 18.2 Å². The first-order valence-corrected chi connectivity index (χ1v) is 12.1. The van der Waals surface area contributed by atoms with E-state index in [2.05, 4.69) is 0 Å². The maximum absolute atomic E-state index is 12.5. The summed E-state index contributed by atoms with van der Waals surface area (Å²) in [5, 5.41) is 3.72. The summed E-state index contributed by atoms with van der Waals surface area (Å²) in [5.74, 6) is 1.12. The summed E-state index contributed by atoms with van der Waals surface area (Å²) in [6, 6.07) is 9.98. The molecule has 0 spiro atoms. The molecule has 0 aliphatic heterocycles. The molecule has 4 rings (SSSR count). The number of hydrogen-bond donors (Lipinski definition) is 0. The number of benzene rings is 4. The summed E-state index contributed by atoms with van der Waals surface area (Å²) in [6.45, 7) is 0. The van der Waals surface area contributed by atoms with Crippen molar-refractivity contribution in [2.75, 3.05) is 26.7 Å². The molecule has 0 aromatic heterocycles. The lowest BCUT2D eigenvalue weighted by atomic mass is 9.93. The van der Waals surface area contributed by atoms with E-state index in [4.69, 9.17) is 9.47 Å². The second kappa shape index (κ2) is 5.96. The lowest BCUT2D eigenvalue weighted by molar-refractivity contribution is 0.401. The summed E-state index contributed by atoms with van der Waals surface area (Å²) in [5.41, 5.74) is 0. The van der Waals surface area contributed by atoms with Crippen LogP contribution < -0.4 is 9.47 Å². The van der Waals surface area contributed by atoms with Crippen LogP contribution in [0.5, 0.6) is 11.5 Å². The van der Waals surface area contributed by atoms with Crippen molar-refractivity contribution < 1.29 is 26.3 Å². The molecule has 0 bridgehead atoms. The molecule has 0 aliphatic rings. The fraction of sp³-hybridized carbons (Fsp3) is 0.200. The van der Waals surface area contributed by atoms with Gasteiger partial charge in [0.25, 0.3) is 0 Å². The van der Waals surface area contributed by atoms with Crippen LogP contribution in [0.1, 0.15) is 0 Å². The van der Waals surface area contributed by atoms with Crippen molar-refractivity contribution in [1.29, 1.82) is 0 Å². The van der Waals surface area contributed by atoms with E-state index in [-0.39, 0.29) is 9.79 Å². The lowest BCUT2D eigenvalue weighted by Crippen LogP contribution is -2.05. The molecule has 0 heterocycles. The molecule has 4 aromatic rings. The van der Waals surface area contributed by atoms with Gasteiger partial charge in [0.15, 0.2) is 19.7 Å². The second-order valence-electron chi connectivity index (χ2n) is 6.77. The molecule has 6 nitrogen and oxygen atoms in total. The Morgan fingerprint density at radius 3 is 1.32 bits per heavy atom. The zero-order chi connectivity index (χ0) is 20.4. The van der Waals surface area contributed by atoms with Gasteiger partial charge in [0.1, 0.15) is 11.5 Å². The monoisotopic (exact) mass is 418 g/mol. The smallest absolute Gasteiger partial charge is 0.176 e. The normalized spacial score (nSPS) is 12.9. The predicted octanol–water partition coefficient (Wildman–Crippen LogP) is 3.41. The van der Waals surface area contributed by atoms with Crippen molar-refractivity contribution in [1.82, 2.24) is 0 Å². The van der Waals surface area contributed by atoms with Gasteiger partial charge in [-0.3, -0.25) is 0 Å². The zero-order valence-electron chi connectivity index (χ0n) is 15.7. The molecule has 0 amide bonds. The van der Waals surface area contributed by atoms with Gasteiger partial charge in [-0.1, -0.05) is 12.1 Å². The molecule has 0 fully saturated rings. The van der Waals surface area contributed by atoms with Crippen LogP contribution in [0.2, 0.25) is 0 Å². The molecule has 4 aromatic carbocycles. The van der Waals surface area contributed by atoms with Crippen LogP contribution in [0.25, 0.3) is 32.3 Å². The average Bonchev–Trinajstić information content (AvgIpc) is 2.63. The molecule has 0 unspecified atom stereocenters. The first kappa shape index (κ1) is 18.8. The molecule has 8 heteroatoms. The number of ether oxygens (including phenoxy) is 2. The fourth-order valence-corrected chi connectivity index (χ4v) is 5.69. The van der Waals surface area contributed by atoms with E-state index in [9.17, 15) is 16.8 Å². The molecule has 0 N–H and O–H groups in total. The third kappa shape index (κ3) is 2.59. The summed E-state index contributed by atoms with van der Waals surface area (Å²) >= 11 is 0. The number of methoxy groups -OCH3 is 2. The van der Waals surface area contributed by atoms with E-state index in [1.165, 1.54) is 20.3 Å². The van der Waals surface area contributed by atoms with Gasteiger partial charge in [-0.15, -0.1) is 0 Å². The third-order valence-electron chi connectivity index (χ3n) is 4.99. The van der Waals surface area contributed by atoms with Gasteiger partial charge < -0.3 is 9.47 Å².